The molecule has 6 heteroatoms. The van der Waals surface area contributed by atoms with E-state index >= 15 is 0 Å². The molecule has 2 heterocycles. The van der Waals surface area contributed by atoms with Crippen LogP contribution in [0.4, 0.5) is 5.69 Å². The third-order valence-corrected chi connectivity index (χ3v) is 4.18. The summed E-state index contributed by atoms with van der Waals surface area (Å²) in [5.41, 5.74) is 3.49. The number of rotatable bonds is 3. The molecule has 4 nitrogen and oxygen atoms in total. The maximum atomic E-state index is 8.82. The van der Waals surface area contributed by atoms with Crippen molar-refractivity contribution in [3.05, 3.63) is 51.7 Å². The van der Waals surface area contributed by atoms with Gasteiger partial charge in [-0.15, -0.1) is 11.3 Å². The van der Waals surface area contributed by atoms with Gasteiger partial charge in [-0.2, -0.15) is 5.26 Å². The number of anilines is 1. The smallest absolute Gasteiger partial charge is 0.194 e. The molecule has 0 amide bonds. The van der Waals surface area contributed by atoms with E-state index in [1.807, 2.05) is 24.6 Å². The molecule has 0 spiro atoms. The third-order valence-electron chi connectivity index (χ3n) is 3.11. The van der Waals surface area contributed by atoms with Crippen LogP contribution in [0, 0.1) is 18.3 Å². The van der Waals surface area contributed by atoms with Crippen molar-refractivity contribution in [2.24, 2.45) is 0 Å². The number of aryl methyl sites for hydroxylation is 1. The van der Waals surface area contributed by atoms with Crippen LogP contribution in [-0.4, -0.2) is 9.38 Å². The number of nitrogens with one attached hydrogen (secondary N) is 1. The minimum Gasteiger partial charge on any atom is -0.378 e. The predicted molar refractivity (Wildman–Crippen MR) is 81.3 cm³/mol. The van der Waals surface area contributed by atoms with E-state index in [9.17, 15) is 0 Å². The molecule has 0 saturated carbocycles. The first-order valence-electron chi connectivity index (χ1n) is 6.03. The first-order chi connectivity index (χ1) is 9.69. The van der Waals surface area contributed by atoms with Gasteiger partial charge in [-0.1, -0.05) is 11.6 Å². The van der Waals surface area contributed by atoms with Crippen LogP contribution in [0.5, 0.6) is 0 Å². The van der Waals surface area contributed by atoms with Crippen molar-refractivity contribution in [1.29, 1.82) is 5.26 Å². The molecule has 0 aliphatic heterocycles. The Morgan fingerprint density at radius 3 is 3.10 bits per heavy atom. The maximum absolute atomic E-state index is 8.82. The number of aromatic nitrogens is 2. The SMILES string of the molecule is Cc1nc2sccn2c1CNc1ccc(C#N)cc1Cl. The average Bonchev–Trinajstić information content (AvgIpc) is 2.98. The largest absolute Gasteiger partial charge is 0.378 e. The van der Waals surface area contributed by atoms with Crippen molar-refractivity contribution < 1.29 is 0 Å². The minimum absolute atomic E-state index is 0.549. The molecule has 100 valence electrons. The second-order valence-electron chi connectivity index (χ2n) is 4.36. The molecule has 3 aromatic rings. The number of fused-ring (bicyclic) bond motifs is 1. The van der Waals surface area contributed by atoms with Gasteiger partial charge in [-0.3, -0.25) is 4.40 Å². The zero-order valence-corrected chi connectivity index (χ0v) is 12.3. The molecular formula is C14H11ClN4S. The van der Waals surface area contributed by atoms with Crippen LogP contribution in [-0.2, 0) is 6.54 Å². The van der Waals surface area contributed by atoms with E-state index < -0.39 is 0 Å². The maximum Gasteiger partial charge on any atom is 0.194 e. The van der Waals surface area contributed by atoms with E-state index in [1.165, 1.54) is 0 Å². The van der Waals surface area contributed by atoms with E-state index in [2.05, 4.69) is 20.8 Å². The Bertz CT molecular complexity index is 812. The monoisotopic (exact) mass is 302 g/mol. The Morgan fingerprint density at radius 1 is 1.50 bits per heavy atom. The number of thiazole rings is 1. The highest BCUT2D eigenvalue weighted by Gasteiger charge is 2.10. The summed E-state index contributed by atoms with van der Waals surface area (Å²) < 4.78 is 2.07. The summed E-state index contributed by atoms with van der Waals surface area (Å²) in [5.74, 6) is 0. The Hall–Kier alpha value is -2.03. The Labute approximate surface area is 125 Å². The molecule has 2 aromatic heterocycles. The van der Waals surface area contributed by atoms with Crippen LogP contribution in [0.3, 0.4) is 0 Å². The van der Waals surface area contributed by atoms with Gasteiger partial charge >= 0.3 is 0 Å². The van der Waals surface area contributed by atoms with Crippen molar-refractivity contribution in [3.63, 3.8) is 0 Å². The third kappa shape index (κ3) is 2.24. The topological polar surface area (TPSA) is 53.1 Å². The number of imidazole rings is 1. The van der Waals surface area contributed by atoms with Gasteiger partial charge in [-0.25, -0.2) is 4.98 Å². The van der Waals surface area contributed by atoms with Crippen LogP contribution in [0.1, 0.15) is 17.0 Å². The zero-order chi connectivity index (χ0) is 14.1. The standard InChI is InChI=1S/C14H11ClN4S/c1-9-13(19-4-5-20-14(19)18-9)8-17-12-3-2-10(7-16)6-11(12)15/h2-6,17H,8H2,1H3. The van der Waals surface area contributed by atoms with Crippen LogP contribution >= 0.6 is 22.9 Å². The van der Waals surface area contributed by atoms with Crippen molar-refractivity contribution in [2.75, 3.05) is 5.32 Å². The first kappa shape index (κ1) is 13.0. The molecular weight excluding hydrogens is 292 g/mol. The molecule has 0 bridgehead atoms. The molecule has 1 N–H and O–H groups in total. The van der Waals surface area contributed by atoms with Crippen molar-refractivity contribution in [3.8, 4) is 6.07 Å². The Balaban J connectivity index is 1.85. The van der Waals surface area contributed by atoms with E-state index in [0.717, 1.165) is 22.0 Å². The summed E-state index contributed by atoms with van der Waals surface area (Å²) in [6, 6.07) is 7.30. The Kier molecular flexibility index (Phi) is 3.35. The fourth-order valence-corrected chi connectivity index (χ4v) is 3.09. The summed E-state index contributed by atoms with van der Waals surface area (Å²) in [7, 11) is 0. The summed E-state index contributed by atoms with van der Waals surface area (Å²) >= 11 is 7.77. The molecule has 0 aliphatic rings. The predicted octanol–water partition coefficient (Wildman–Crippen LogP) is 3.84. The van der Waals surface area contributed by atoms with E-state index in [1.54, 1.807) is 23.5 Å². The quantitative estimate of drug-likeness (QED) is 0.799. The summed E-state index contributed by atoms with van der Waals surface area (Å²) in [6.07, 6.45) is 2.01. The number of nitriles is 1. The molecule has 0 fully saturated rings. The Morgan fingerprint density at radius 2 is 2.35 bits per heavy atom. The van der Waals surface area contributed by atoms with Gasteiger partial charge in [0, 0.05) is 11.6 Å². The van der Waals surface area contributed by atoms with Gasteiger partial charge in [-0.05, 0) is 25.1 Å². The van der Waals surface area contributed by atoms with Gasteiger partial charge in [0.2, 0.25) is 0 Å². The lowest BCUT2D eigenvalue weighted by Crippen LogP contribution is -2.04. The van der Waals surface area contributed by atoms with Crippen LogP contribution in [0.2, 0.25) is 5.02 Å². The number of halogens is 1. The normalized spacial score (nSPS) is 10.7. The van der Waals surface area contributed by atoms with Crippen molar-refractivity contribution in [1.82, 2.24) is 9.38 Å². The van der Waals surface area contributed by atoms with Crippen LogP contribution < -0.4 is 5.32 Å². The van der Waals surface area contributed by atoms with Gasteiger partial charge in [0.1, 0.15) is 0 Å². The number of hydrogen-bond acceptors (Lipinski definition) is 4. The highest BCUT2D eigenvalue weighted by Crippen LogP contribution is 2.24. The minimum atomic E-state index is 0.549. The molecule has 0 atom stereocenters. The average molecular weight is 303 g/mol. The fourth-order valence-electron chi connectivity index (χ4n) is 2.06. The lowest BCUT2D eigenvalue weighted by atomic mass is 10.2. The van der Waals surface area contributed by atoms with E-state index in [4.69, 9.17) is 16.9 Å². The second kappa shape index (κ2) is 5.16. The molecule has 20 heavy (non-hydrogen) atoms. The lowest BCUT2D eigenvalue weighted by Gasteiger charge is -2.08. The van der Waals surface area contributed by atoms with Crippen molar-refractivity contribution >= 4 is 33.6 Å². The molecule has 0 unspecified atom stereocenters. The fraction of sp³-hybridized carbons (Fsp3) is 0.143. The molecule has 1 aromatic carbocycles. The lowest BCUT2D eigenvalue weighted by molar-refractivity contribution is 0.994. The van der Waals surface area contributed by atoms with E-state index in [0.29, 0.717) is 17.1 Å². The van der Waals surface area contributed by atoms with E-state index in [-0.39, 0.29) is 0 Å². The van der Waals surface area contributed by atoms with Gasteiger partial charge < -0.3 is 5.32 Å². The zero-order valence-electron chi connectivity index (χ0n) is 10.7. The van der Waals surface area contributed by atoms with Gasteiger partial charge in [0.25, 0.3) is 0 Å². The van der Waals surface area contributed by atoms with Crippen LogP contribution in [0.15, 0.2) is 29.8 Å². The number of hydrogen-bond donors (Lipinski definition) is 1. The highest BCUT2D eigenvalue weighted by molar-refractivity contribution is 7.15. The first-order valence-corrected chi connectivity index (χ1v) is 7.29. The summed E-state index contributed by atoms with van der Waals surface area (Å²) in [4.78, 5) is 5.49. The molecule has 0 radical (unpaired) electrons. The summed E-state index contributed by atoms with van der Waals surface area (Å²) in [5, 5.41) is 14.7. The molecule has 0 aliphatic carbocycles. The molecule has 3 rings (SSSR count). The van der Waals surface area contributed by atoms with Crippen molar-refractivity contribution in [2.45, 2.75) is 13.5 Å². The second-order valence-corrected chi connectivity index (χ2v) is 5.64. The molecule has 0 saturated heterocycles. The van der Waals surface area contributed by atoms with Crippen LogP contribution in [0.25, 0.3) is 4.96 Å². The summed E-state index contributed by atoms with van der Waals surface area (Å²) in [6.45, 7) is 2.63. The number of benzene rings is 1. The van der Waals surface area contributed by atoms with Gasteiger partial charge in [0.05, 0.1) is 40.3 Å². The highest BCUT2D eigenvalue weighted by atomic mass is 35.5. The number of nitrogens with zero attached hydrogens (tertiary/aromatic N) is 3. The van der Waals surface area contributed by atoms with Gasteiger partial charge in [0.15, 0.2) is 4.96 Å².